The van der Waals surface area contributed by atoms with Crippen molar-refractivity contribution in [3.8, 4) is 45.6 Å². The van der Waals surface area contributed by atoms with Gasteiger partial charge in [0.15, 0.2) is 11.6 Å². The largest absolute Gasteiger partial charge is 0.379 e. The number of nitrogen functional groups attached to an aromatic ring is 2. The smallest absolute Gasteiger partial charge is 0.278 e. The number of pyridine rings is 2. The molecule has 1 saturated heterocycles. The Kier molecular flexibility index (Phi) is 14.1. The predicted octanol–water partition coefficient (Wildman–Crippen LogP) is 5.08. The maximum absolute atomic E-state index is 6.10. The third-order valence-corrected chi connectivity index (χ3v) is 13.3. The zero-order chi connectivity index (χ0) is 48.7. The Hall–Kier alpha value is -7.69. The number of nitrogens with two attached hydrogens (primary N) is 2. The van der Waals surface area contributed by atoms with Crippen LogP contribution in [-0.2, 0) is 26.8 Å². The molecule has 3 unspecified atom stereocenters. The Labute approximate surface area is 404 Å². The topological polar surface area (TPSA) is 285 Å². The van der Waals surface area contributed by atoms with Crippen molar-refractivity contribution in [3.63, 3.8) is 0 Å². The third-order valence-electron chi connectivity index (χ3n) is 13.3. The average molecular weight is 949 g/mol. The number of anilines is 3. The van der Waals surface area contributed by atoms with E-state index < -0.39 is 10.8 Å². The first-order valence-electron chi connectivity index (χ1n) is 23.2. The highest BCUT2D eigenvalue weighted by atomic mass is 16.5. The summed E-state index contributed by atoms with van der Waals surface area (Å²) in [5, 5.41) is 16.8. The van der Waals surface area contributed by atoms with E-state index in [0.29, 0.717) is 73.9 Å². The van der Waals surface area contributed by atoms with Gasteiger partial charge in [-0.25, -0.2) is 29.9 Å². The Morgan fingerprint density at radius 1 is 0.614 bits per heavy atom. The van der Waals surface area contributed by atoms with Gasteiger partial charge >= 0.3 is 0 Å². The quantitative estimate of drug-likeness (QED) is 0.0840. The lowest BCUT2D eigenvalue weighted by Gasteiger charge is -2.33. The van der Waals surface area contributed by atoms with Crippen LogP contribution in [0.25, 0.3) is 45.6 Å². The minimum absolute atomic E-state index is 0.0176. The number of hydrogen-bond donors (Lipinski definition) is 3. The molecule has 0 bridgehead atoms. The molecule has 9 rings (SSSR count). The lowest BCUT2D eigenvalue weighted by Crippen LogP contribution is -2.43. The predicted molar refractivity (Wildman–Crippen MR) is 258 cm³/mol. The Morgan fingerprint density at radius 2 is 1.19 bits per heavy atom. The molecule has 1 aliphatic rings. The second-order valence-corrected chi connectivity index (χ2v) is 17.8. The highest BCUT2D eigenvalue weighted by molar-refractivity contribution is 5.59. The summed E-state index contributed by atoms with van der Waals surface area (Å²) < 4.78 is 25.4. The van der Waals surface area contributed by atoms with Crippen molar-refractivity contribution in [1.29, 1.82) is 0 Å². The fourth-order valence-corrected chi connectivity index (χ4v) is 8.24. The summed E-state index contributed by atoms with van der Waals surface area (Å²) in [6.07, 6.45) is 18.0. The second-order valence-electron chi connectivity index (χ2n) is 17.8. The van der Waals surface area contributed by atoms with Gasteiger partial charge in [0.2, 0.25) is 11.9 Å². The van der Waals surface area contributed by atoms with Crippen molar-refractivity contribution in [2.75, 3.05) is 69.0 Å². The Bertz CT molecular complexity index is 2920. The van der Waals surface area contributed by atoms with Gasteiger partial charge in [-0.05, 0) is 55.4 Å². The molecular weight excluding hydrogens is 893 g/mol. The van der Waals surface area contributed by atoms with Gasteiger partial charge < -0.3 is 40.2 Å². The summed E-state index contributed by atoms with van der Waals surface area (Å²) in [6.45, 7) is 16.4. The van der Waals surface area contributed by atoms with Gasteiger partial charge in [-0.1, -0.05) is 43.2 Å². The summed E-state index contributed by atoms with van der Waals surface area (Å²) in [7, 11) is 0. The highest BCUT2D eigenvalue weighted by Gasteiger charge is 2.41. The van der Waals surface area contributed by atoms with Gasteiger partial charge in [0, 0.05) is 87.3 Å². The fraction of sp³-hybridized carbons (Fsp3) is 0.396. The van der Waals surface area contributed by atoms with Crippen LogP contribution >= 0.6 is 0 Å². The van der Waals surface area contributed by atoms with E-state index >= 15 is 0 Å². The van der Waals surface area contributed by atoms with E-state index in [1.807, 2.05) is 42.9 Å². The molecule has 0 spiro atoms. The van der Waals surface area contributed by atoms with Crippen LogP contribution in [0, 0.1) is 11.8 Å². The SMILES string of the molecule is CC(C)C(C)(c1ccc(-c2cnc(N)nc2)nc1)c1noc(-c2cnn(CCOCCOCCC(C)C(C)(c3ccc(-c4cnc(N)nc4)nc3)c3noc(-c4cnc(N5CCNCC5)cn4)n3)c2)n1. The van der Waals surface area contributed by atoms with Crippen LogP contribution in [0.1, 0.15) is 63.8 Å². The van der Waals surface area contributed by atoms with Gasteiger partial charge in [-0.15, -0.1) is 0 Å². The van der Waals surface area contributed by atoms with Gasteiger partial charge in [0.25, 0.3) is 11.8 Å². The molecule has 0 aromatic carbocycles. The molecule has 0 amide bonds. The standard InChI is InChI=1S/C48H56N18O4/c1-30(2)47(4,35-6-8-37(52-25-35)32-20-56-45(49)57-21-32)43-61-41(69-63-43)34-24-60-66(29-34)15-17-68-19-18-67-16-10-31(3)48(5,36-7-9-38(53-26-36)33-22-58-46(50)59-23-33)44-62-42(70-64-44)39-27-55-40(28-54-39)65-13-11-51-12-14-65/h6-9,20-31,51H,10-19H2,1-5H3,(H2,49,56,57)(H2,50,58,59). The molecular formula is C48H56N18O4. The molecule has 8 aromatic heterocycles. The van der Waals surface area contributed by atoms with Crippen molar-refractivity contribution in [2.45, 2.75) is 58.4 Å². The molecule has 0 radical (unpaired) electrons. The molecule has 8 aromatic rings. The van der Waals surface area contributed by atoms with Gasteiger partial charge in [0.1, 0.15) is 11.5 Å². The van der Waals surface area contributed by atoms with Gasteiger partial charge in [-0.2, -0.15) is 15.1 Å². The molecule has 1 fully saturated rings. The van der Waals surface area contributed by atoms with Crippen molar-refractivity contribution in [1.82, 2.24) is 75.3 Å². The molecule has 9 heterocycles. The van der Waals surface area contributed by atoms with Crippen LogP contribution in [0.15, 0.2) is 95.3 Å². The normalized spacial score (nSPS) is 15.2. The molecule has 0 saturated carbocycles. The lowest BCUT2D eigenvalue weighted by atomic mass is 9.71. The van der Waals surface area contributed by atoms with E-state index in [-0.39, 0.29) is 29.6 Å². The van der Waals surface area contributed by atoms with E-state index in [1.165, 1.54) is 0 Å². The van der Waals surface area contributed by atoms with Gasteiger partial charge in [0.05, 0.1) is 72.7 Å². The van der Waals surface area contributed by atoms with E-state index in [0.717, 1.165) is 59.9 Å². The zero-order valence-corrected chi connectivity index (χ0v) is 39.8. The summed E-state index contributed by atoms with van der Waals surface area (Å²) in [5.74, 6) is 3.04. The molecule has 5 N–H and O–H groups in total. The monoisotopic (exact) mass is 948 g/mol. The minimum atomic E-state index is -0.724. The van der Waals surface area contributed by atoms with E-state index in [4.69, 9.17) is 44.9 Å². The van der Waals surface area contributed by atoms with E-state index in [2.05, 4.69) is 95.1 Å². The van der Waals surface area contributed by atoms with Crippen molar-refractivity contribution >= 4 is 17.7 Å². The molecule has 1 aliphatic heterocycles. The molecule has 3 atom stereocenters. The third kappa shape index (κ3) is 10.2. The van der Waals surface area contributed by atoms with Crippen LogP contribution in [-0.4, -0.2) is 123 Å². The van der Waals surface area contributed by atoms with E-state index in [1.54, 1.807) is 48.1 Å². The number of rotatable bonds is 20. The van der Waals surface area contributed by atoms with E-state index in [9.17, 15) is 0 Å². The molecule has 70 heavy (non-hydrogen) atoms. The van der Waals surface area contributed by atoms with Crippen LogP contribution in [0.5, 0.6) is 0 Å². The maximum Gasteiger partial charge on any atom is 0.278 e. The van der Waals surface area contributed by atoms with Crippen LogP contribution in [0.3, 0.4) is 0 Å². The van der Waals surface area contributed by atoms with Crippen LogP contribution in [0.4, 0.5) is 17.7 Å². The number of ether oxygens (including phenoxy) is 2. The number of hydrogen-bond acceptors (Lipinski definition) is 21. The van der Waals surface area contributed by atoms with Crippen molar-refractivity contribution in [2.24, 2.45) is 11.8 Å². The summed E-state index contributed by atoms with van der Waals surface area (Å²) in [6, 6.07) is 7.90. The number of nitrogens with zero attached hydrogens (tertiary/aromatic N) is 15. The Morgan fingerprint density at radius 3 is 1.77 bits per heavy atom. The average Bonchev–Trinajstić information content (AvgIpc) is 4.21. The molecule has 22 heteroatoms. The van der Waals surface area contributed by atoms with Gasteiger partial charge in [-0.3, -0.25) is 14.6 Å². The highest BCUT2D eigenvalue weighted by Crippen LogP contribution is 2.41. The summed E-state index contributed by atoms with van der Waals surface area (Å²) in [5.41, 5.74) is 16.1. The lowest BCUT2D eigenvalue weighted by molar-refractivity contribution is 0.0375. The van der Waals surface area contributed by atoms with Crippen LogP contribution in [0.2, 0.25) is 0 Å². The van der Waals surface area contributed by atoms with Crippen LogP contribution < -0.4 is 21.7 Å². The second kappa shape index (κ2) is 20.9. The number of nitrogens with one attached hydrogen (secondary N) is 1. The Balaban J connectivity index is 0.781. The fourth-order valence-electron chi connectivity index (χ4n) is 8.24. The number of piperazine rings is 1. The first-order valence-corrected chi connectivity index (χ1v) is 23.2. The first kappa shape index (κ1) is 47.4. The minimum Gasteiger partial charge on any atom is -0.379 e. The van der Waals surface area contributed by atoms with Crippen molar-refractivity contribution < 1.29 is 18.5 Å². The number of aromatic nitrogens is 14. The molecule has 22 nitrogen and oxygen atoms in total. The maximum atomic E-state index is 6.10. The first-order chi connectivity index (χ1) is 34.0. The summed E-state index contributed by atoms with van der Waals surface area (Å²) in [4.78, 5) is 47.1. The zero-order valence-electron chi connectivity index (χ0n) is 39.8. The molecule has 362 valence electrons. The summed E-state index contributed by atoms with van der Waals surface area (Å²) >= 11 is 0. The molecule has 0 aliphatic carbocycles. The van der Waals surface area contributed by atoms with Crippen molar-refractivity contribution in [3.05, 3.63) is 109 Å².